The van der Waals surface area contributed by atoms with Crippen LogP contribution in [0, 0.1) is 0 Å². The highest BCUT2D eigenvalue weighted by atomic mass is 32.1. The van der Waals surface area contributed by atoms with E-state index in [1.807, 2.05) is 36.4 Å². The van der Waals surface area contributed by atoms with Crippen molar-refractivity contribution >= 4 is 27.5 Å². The van der Waals surface area contributed by atoms with Crippen molar-refractivity contribution in [2.24, 2.45) is 0 Å². The van der Waals surface area contributed by atoms with Crippen LogP contribution in [0.25, 0.3) is 10.2 Å². The predicted molar refractivity (Wildman–Crippen MR) is 111 cm³/mol. The lowest BCUT2D eigenvalue weighted by Crippen LogP contribution is -2.41. The second kappa shape index (κ2) is 9.11. The summed E-state index contributed by atoms with van der Waals surface area (Å²) in [6.45, 7) is 4.35. The minimum Gasteiger partial charge on any atom is -0.481 e. The monoisotopic (exact) mass is 382 g/mol. The van der Waals surface area contributed by atoms with Gasteiger partial charge >= 0.3 is 5.97 Å². The van der Waals surface area contributed by atoms with Crippen LogP contribution in [-0.4, -0.2) is 28.1 Å². The van der Waals surface area contributed by atoms with Crippen LogP contribution in [0.15, 0.2) is 54.6 Å². The normalized spacial score (nSPS) is 14.7. The number of hydrogen-bond acceptors (Lipinski definition) is 4. The number of para-hydroxylation sites is 1. The highest BCUT2D eigenvalue weighted by molar-refractivity contribution is 7.18. The molecule has 3 unspecified atom stereocenters. The lowest BCUT2D eigenvalue weighted by Gasteiger charge is -2.26. The van der Waals surface area contributed by atoms with E-state index in [0.717, 1.165) is 16.9 Å². The van der Waals surface area contributed by atoms with Crippen LogP contribution in [-0.2, 0) is 11.2 Å². The first-order valence-electron chi connectivity index (χ1n) is 9.40. The first kappa shape index (κ1) is 19.5. The number of nitrogens with zero attached hydrogens (tertiary/aromatic N) is 1. The van der Waals surface area contributed by atoms with Gasteiger partial charge in [-0.05, 0) is 37.5 Å². The first-order valence-corrected chi connectivity index (χ1v) is 10.2. The molecule has 27 heavy (non-hydrogen) atoms. The Morgan fingerprint density at radius 2 is 1.81 bits per heavy atom. The summed E-state index contributed by atoms with van der Waals surface area (Å²) in [5, 5.41) is 13.9. The lowest BCUT2D eigenvalue weighted by molar-refractivity contribution is -0.137. The molecule has 0 saturated heterocycles. The highest BCUT2D eigenvalue weighted by Crippen LogP contribution is 2.29. The zero-order valence-corrected chi connectivity index (χ0v) is 16.6. The Morgan fingerprint density at radius 3 is 2.52 bits per heavy atom. The molecule has 3 aromatic rings. The van der Waals surface area contributed by atoms with Gasteiger partial charge in [-0.1, -0.05) is 49.4 Å². The molecule has 1 aromatic heterocycles. The van der Waals surface area contributed by atoms with E-state index in [1.54, 1.807) is 11.3 Å². The SMILES string of the molecule is CC(NC(CCC(=O)O)Cc1ccccc1)C(C)c1nc2ccccc2s1. The van der Waals surface area contributed by atoms with E-state index >= 15 is 0 Å². The molecule has 3 rings (SSSR count). The molecular weight excluding hydrogens is 356 g/mol. The van der Waals surface area contributed by atoms with Crippen LogP contribution >= 0.6 is 11.3 Å². The molecule has 0 radical (unpaired) electrons. The maximum absolute atomic E-state index is 11.1. The van der Waals surface area contributed by atoms with Gasteiger partial charge < -0.3 is 10.4 Å². The van der Waals surface area contributed by atoms with Gasteiger partial charge in [-0.3, -0.25) is 4.79 Å². The molecule has 0 aliphatic rings. The van der Waals surface area contributed by atoms with Crippen molar-refractivity contribution in [3.05, 3.63) is 65.2 Å². The Hall–Kier alpha value is -2.24. The second-order valence-corrected chi connectivity index (χ2v) is 8.15. The number of thiazole rings is 1. The number of carboxylic acid groups (broad SMARTS) is 1. The minimum absolute atomic E-state index is 0.121. The number of rotatable bonds is 9. The van der Waals surface area contributed by atoms with Gasteiger partial charge in [0.2, 0.25) is 0 Å². The Kier molecular flexibility index (Phi) is 6.58. The van der Waals surface area contributed by atoms with Crippen LogP contribution < -0.4 is 5.32 Å². The summed E-state index contributed by atoms with van der Waals surface area (Å²) in [5.74, 6) is -0.493. The highest BCUT2D eigenvalue weighted by Gasteiger charge is 2.22. The van der Waals surface area contributed by atoms with Gasteiger partial charge in [0.1, 0.15) is 0 Å². The number of carbonyl (C=O) groups is 1. The predicted octanol–water partition coefficient (Wildman–Crippen LogP) is 4.85. The summed E-state index contributed by atoms with van der Waals surface area (Å²) in [6, 6.07) is 18.8. The topological polar surface area (TPSA) is 62.2 Å². The summed E-state index contributed by atoms with van der Waals surface area (Å²) in [6.07, 6.45) is 1.61. The van der Waals surface area contributed by atoms with E-state index in [2.05, 4.69) is 37.4 Å². The fourth-order valence-electron chi connectivity index (χ4n) is 3.26. The minimum atomic E-state index is -0.748. The first-order chi connectivity index (χ1) is 13.0. The van der Waals surface area contributed by atoms with Crippen LogP contribution in [0.2, 0.25) is 0 Å². The van der Waals surface area contributed by atoms with E-state index in [1.165, 1.54) is 10.3 Å². The summed E-state index contributed by atoms with van der Waals surface area (Å²) in [5.41, 5.74) is 2.27. The quantitative estimate of drug-likeness (QED) is 0.555. The molecule has 2 aromatic carbocycles. The van der Waals surface area contributed by atoms with Crippen molar-refractivity contribution in [2.45, 2.75) is 51.1 Å². The van der Waals surface area contributed by atoms with Gasteiger partial charge in [-0.2, -0.15) is 0 Å². The fourth-order valence-corrected chi connectivity index (χ4v) is 4.38. The number of aliphatic carboxylic acids is 1. The van der Waals surface area contributed by atoms with Gasteiger partial charge in [0.15, 0.2) is 0 Å². The molecule has 0 aliphatic heterocycles. The number of nitrogens with one attached hydrogen (secondary N) is 1. The molecule has 0 amide bonds. The largest absolute Gasteiger partial charge is 0.481 e. The number of carboxylic acids is 1. The van der Waals surface area contributed by atoms with Crippen LogP contribution in [0.4, 0.5) is 0 Å². The number of benzene rings is 2. The van der Waals surface area contributed by atoms with Gasteiger partial charge in [0, 0.05) is 24.4 Å². The average Bonchev–Trinajstić information content (AvgIpc) is 3.10. The molecule has 0 saturated carbocycles. The molecule has 2 N–H and O–H groups in total. The van der Waals surface area contributed by atoms with E-state index in [9.17, 15) is 4.79 Å². The summed E-state index contributed by atoms with van der Waals surface area (Å²) < 4.78 is 1.21. The molecule has 0 aliphatic carbocycles. The van der Waals surface area contributed by atoms with E-state index < -0.39 is 5.97 Å². The van der Waals surface area contributed by atoms with Crippen molar-refractivity contribution in [2.75, 3.05) is 0 Å². The maximum atomic E-state index is 11.1. The number of fused-ring (bicyclic) bond motifs is 1. The van der Waals surface area contributed by atoms with Crippen molar-refractivity contribution in [1.29, 1.82) is 0 Å². The summed E-state index contributed by atoms with van der Waals surface area (Å²) in [7, 11) is 0. The molecule has 5 heteroatoms. The number of hydrogen-bond donors (Lipinski definition) is 2. The Morgan fingerprint density at radius 1 is 1.11 bits per heavy atom. The fraction of sp³-hybridized carbons (Fsp3) is 0.364. The maximum Gasteiger partial charge on any atom is 0.303 e. The molecule has 142 valence electrons. The smallest absolute Gasteiger partial charge is 0.303 e. The van der Waals surface area contributed by atoms with Crippen molar-refractivity contribution in [1.82, 2.24) is 10.3 Å². The van der Waals surface area contributed by atoms with Gasteiger partial charge in [-0.15, -0.1) is 11.3 Å². The van der Waals surface area contributed by atoms with Gasteiger partial charge in [-0.25, -0.2) is 4.98 Å². The van der Waals surface area contributed by atoms with Crippen LogP contribution in [0.3, 0.4) is 0 Å². The summed E-state index contributed by atoms with van der Waals surface area (Å²) in [4.78, 5) is 15.8. The standard InChI is InChI=1S/C22H26N2O2S/c1-15(22-24-19-10-6-7-11-20(19)27-22)16(2)23-18(12-13-21(25)26)14-17-8-4-3-5-9-17/h3-11,15-16,18,23H,12-14H2,1-2H3,(H,25,26). The zero-order chi connectivity index (χ0) is 19.2. The van der Waals surface area contributed by atoms with Crippen LogP contribution in [0.1, 0.15) is 43.2 Å². The van der Waals surface area contributed by atoms with Crippen molar-refractivity contribution < 1.29 is 9.90 Å². The summed E-state index contributed by atoms with van der Waals surface area (Å²) >= 11 is 1.74. The Bertz CT molecular complexity index is 845. The average molecular weight is 383 g/mol. The molecule has 3 atom stereocenters. The molecule has 1 heterocycles. The van der Waals surface area contributed by atoms with Crippen molar-refractivity contribution in [3.63, 3.8) is 0 Å². The third-order valence-electron chi connectivity index (χ3n) is 4.98. The number of aromatic nitrogens is 1. The third-order valence-corrected chi connectivity index (χ3v) is 6.22. The molecular formula is C22H26N2O2S. The lowest BCUT2D eigenvalue weighted by atomic mass is 9.98. The van der Waals surface area contributed by atoms with Gasteiger partial charge in [0.05, 0.1) is 15.2 Å². The van der Waals surface area contributed by atoms with Crippen LogP contribution in [0.5, 0.6) is 0 Å². The second-order valence-electron chi connectivity index (χ2n) is 7.08. The molecule has 0 spiro atoms. The molecule has 4 nitrogen and oxygen atoms in total. The Balaban J connectivity index is 1.69. The third kappa shape index (κ3) is 5.37. The van der Waals surface area contributed by atoms with E-state index in [4.69, 9.17) is 10.1 Å². The molecule has 0 fully saturated rings. The van der Waals surface area contributed by atoms with E-state index in [-0.39, 0.29) is 24.4 Å². The molecule has 0 bridgehead atoms. The Labute approximate surface area is 164 Å². The van der Waals surface area contributed by atoms with Gasteiger partial charge in [0.25, 0.3) is 0 Å². The van der Waals surface area contributed by atoms with E-state index in [0.29, 0.717) is 6.42 Å². The zero-order valence-electron chi connectivity index (χ0n) is 15.8. The van der Waals surface area contributed by atoms with Crippen molar-refractivity contribution in [3.8, 4) is 0 Å².